The van der Waals surface area contributed by atoms with Crippen LogP contribution in [0.1, 0.15) is 50.5 Å². The first-order valence-corrected chi connectivity index (χ1v) is 7.93. The van der Waals surface area contributed by atoms with Crippen LogP contribution < -0.4 is 0 Å². The van der Waals surface area contributed by atoms with Gasteiger partial charge in [0.15, 0.2) is 0 Å². The first-order chi connectivity index (χ1) is 9.78. The molecule has 108 valence electrons. The summed E-state index contributed by atoms with van der Waals surface area (Å²) < 4.78 is 5.50. The quantitative estimate of drug-likeness (QED) is 0.831. The second-order valence-electron chi connectivity index (χ2n) is 6.45. The minimum Gasteiger partial charge on any atom is -0.381 e. The number of carbonyl (C=O) groups excluding carboxylic acids is 1. The smallest absolute Gasteiger partial charge is 0.132 e. The second kappa shape index (κ2) is 6.09. The van der Waals surface area contributed by atoms with Gasteiger partial charge >= 0.3 is 0 Å². The van der Waals surface area contributed by atoms with Crippen molar-refractivity contribution in [2.45, 2.75) is 50.4 Å². The number of carbonyl (C=O) groups is 1. The standard InChI is InChI=1S/C18H24O2/c19-17-7-11-18(12-8-17,16-4-2-1-3-5-16)10-6-15-9-13-20-14-15/h1-5,15H,6-14H2. The number of hydrogen-bond donors (Lipinski definition) is 0. The Morgan fingerprint density at radius 3 is 2.55 bits per heavy atom. The molecule has 1 saturated carbocycles. The molecule has 20 heavy (non-hydrogen) atoms. The van der Waals surface area contributed by atoms with Crippen molar-refractivity contribution in [1.82, 2.24) is 0 Å². The van der Waals surface area contributed by atoms with Crippen LogP contribution in [0.25, 0.3) is 0 Å². The maximum Gasteiger partial charge on any atom is 0.132 e. The molecular weight excluding hydrogens is 248 g/mol. The molecule has 2 nitrogen and oxygen atoms in total. The number of benzene rings is 1. The highest BCUT2D eigenvalue weighted by Crippen LogP contribution is 2.43. The summed E-state index contributed by atoms with van der Waals surface area (Å²) in [7, 11) is 0. The molecule has 0 spiro atoms. The molecule has 2 aliphatic rings. The van der Waals surface area contributed by atoms with E-state index in [0.29, 0.717) is 5.78 Å². The molecule has 1 aromatic carbocycles. The van der Waals surface area contributed by atoms with E-state index < -0.39 is 0 Å². The maximum atomic E-state index is 11.6. The zero-order chi connectivity index (χ0) is 13.8. The third-order valence-corrected chi connectivity index (χ3v) is 5.21. The molecule has 2 heteroatoms. The Balaban J connectivity index is 1.74. The molecule has 1 aromatic rings. The summed E-state index contributed by atoms with van der Waals surface area (Å²) in [6.07, 6.45) is 7.24. The van der Waals surface area contributed by atoms with E-state index in [-0.39, 0.29) is 5.41 Å². The van der Waals surface area contributed by atoms with Crippen molar-refractivity contribution < 1.29 is 9.53 Å². The molecule has 3 rings (SSSR count). The van der Waals surface area contributed by atoms with E-state index >= 15 is 0 Å². The van der Waals surface area contributed by atoms with E-state index in [0.717, 1.165) is 44.8 Å². The molecule has 2 fully saturated rings. The molecule has 1 heterocycles. The number of hydrogen-bond acceptors (Lipinski definition) is 2. The molecule has 1 saturated heterocycles. The molecule has 1 atom stereocenters. The third kappa shape index (κ3) is 2.95. The van der Waals surface area contributed by atoms with Crippen molar-refractivity contribution in [3.8, 4) is 0 Å². The minimum atomic E-state index is 0.234. The third-order valence-electron chi connectivity index (χ3n) is 5.21. The van der Waals surface area contributed by atoms with Crippen LogP contribution in [0.5, 0.6) is 0 Å². The molecule has 0 amide bonds. The summed E-state index contributed by atoms with van der Waals surface area (Å²) in [5.74, 6) is 1.17. The van der Waals surface area contributed by atoms with E-state index in [4.69, 9.17) is 4.74 Å². The highest BCUT2D eigenvalue weighted by atomic mass is 16.5. The summed E-state index contributed by atoms with van der Waals surface area (Å²) in [5.41, 5.74) is 1.67. The summed E-state index contributed by atoms with van der Waals surface area (Å²) in [6, 6.07) is 10.8. The Kier molecular flexibility index (Phi) is 4.21. The fraction of sp³-hybridized carbons (Fsp3) is 0.611. The average Bonchev–Trinajstić information content (AvgIpc) is 3.01. The van der Waals surface area contributed by atoms with Gasteiger partial charge in [0.2, 0.25) is 0 Å². The lowest BCUT2D eigenvalue weighted by Gasteiger charge is -2.38. The topological polar surface area (TPSA) is 26.3 Å². The van der Waals surface area contributed by atoms with Gasteiger partial charge < -0.3 is 4.74 Å². The van der Waals surface area contributed by atoms with Crippen LogP contribution in [-0.4, -0.2) is 19.0 Å². The van der Waals surface area contributed by atoms with Crippen LogP contribution in [0.2, 0.25) is 0 Å². The highest BCUT2D eigenvalue weighted by molar-refractivity contribution is 5.79. The van der Waals surface area contributed by atoms with Gasteiger partial charge in [-0.25, -0.2) is 0 Å². The lowest BCUT2D eigenvalue weighted by molar-refractivity contribution is -0.121. The normalized spacial score (nSPS) is 25.8. The number of rotatable bonds is 4. The van der Waals surface area contributed by atoms with Gasteiger partial charge in [-0.3, -0.25) is 4.79 Å². The van der Waals surface area contributed by atoms with Crippen molar-refractivity contribution in [2.75, 3.05) is 13.2 Å². The molecule has 0 radical (unpaired) electrons. The summed E-state index contributed by atoms with van der Waals surface area (Å²) in [6.45, 7) is 1.87. The molecule has 0 bridgehead atoms. The fourth-order valence-electron chi connectivity index (χ4n) is 3.77. The van der Waals surface area contributed by atoms with Crippen LogP contribution in [0.15, 0.2) is 30.3 Å². The van der Waals surface area contributed by atoms with Crippen LogP contribution in [0.3, 0.4) is 0 Å². The second-order valence-corrected chi connectivity index (χ2v) is 6.45. The lowest BCUT2D eigenvalue weighted by atomic mass is 9.66. The van der Waals surface area contributed by atoms with Crippen molar-refractivity contribution >= 4 is 5.78 Å². The van der Waals surface area contributed by atoms with E-state index in [9.17, 15) is 4.79 Å². The highest BCUT2D eigenvalue weighted by Gasteiger charge is 2.36. The van der Waals surface area contributed by atoms with E-state index in [1.165, 1.54) is 24.8 Å². The first kappa shape index (κ1) is 13.8. The van der Waals surface area contributed by atoms with Gasteiger partial charge in [0.1, 0.15) is 5.78 Å². The molecule has 1 aliphatic carbocycles. The van der Waals surface area contributed by atoms with Gasteiger partial charge in [-0.2, -0.15) is 0 Å². The largest absolute Gasteiger partial charge is 0.381 e. The Morgan fingerprint density at radius 2 is 1.90 bits per heavy atom. The minimum absolute atomic E-state index is 0.234. The summed E-state index contributed by atoms with van der Waals surface area (Å²) in [5, 5.41) is 0. The predicted molar refractivity (Wildman–Crippen MR) is 79.8 cm³/mol. The fourth-order valence-corrected chi connectivity index (χ4v) is 3.77. The van der Waals surface area contributed by atoms with Crippen molar-refractivity contribution in [3.05, 3.63) is 35.9 Å². The Hall–Kier alpha value is -1.15. The van der Waals surface area contributed by atoms with Gasteiger partial charge in [-0.15, -0.1) is 0 Å². The predicted octanol–water partition coefficient (Wildman–Crippen LogP) is 3.88. The molecular formula is C18H24O2. The van der Waals surface area contributed by atoms with Crippen molar-refractivity contribution in [2.24, 2.45) is 5.92 Å². The van der Waals surface area contributed by atoms with Crippen molar-refractivity contribution in [1.29, 1.82) is 0 Å². The van der Waals surface area contributed by atoms with Crippen LogP contribution in [0.4, 0.5) is 0 Å². The van der Waals surface area contributed by atoms with Gasteiger partial charge in [-0.1, -0.05) is 30.3 Å². The zero-order valence-electron chi connectivity index (χ0n) is 12.1. The zero-order valence-corrected chi connectivity index (χ0v) is 12.1. The monoisotopic (exact) mass is 272 g/mol. The Bertz CT molecular complexity index is 436. The van der Waals surface area contributed by atoms with Crippen LogP contribution in [0, 0.1) is 5.92 Å². The van der Waals surface area contributed by atoms with Gasteiger partial charge in [0, 0.05) is 26.1 Å². The SMILES string of the molecule is O=C1CCC(CCC2CCOC2)(c2ccccc2)CC1. The van der Waals surface area contributed by atoms with E-state index in [1.54, 1.807) is 0 Å². The van der Waals surface area contributed by atoms with Gasteiger partial charge in [0.05, 0.1) is 0 Å². The number of ether oxygens (including phenoxy) is 1. The molecule has 0 N–H and O–H groups in total. The van der Waals surface area contributed by atoms with Crippen LogP contribution in [-0.2, 0) is 14.9 Å². The molecule has 1 unspecified atom stereocenters. The number of Topliss-reactive ketones (excluding diaryl/α,β-unsaturated/α-hetero) is 1. The van der Waals surface area contributed by atoms with E-state index in [1.807, 2.05) is 0 Å². The first-order valence-electron chi connectivity index (χ1n) is 7.93. The Labute approximate surface area is 121 Å². The van der Waals surface area contributed by atoms with E-state index in [2.05, 4.69) is 30.3 Å². The maximum absolute atomic E-state index is 11.6. The summed E-state index contributed by atoms with van der Waals surface area (Å²) in [4.78, 5) is 11.6. The summed E-state index contributed by atoms with van der Waals surface area (Å²) >= 11 is 0. The van der Waals surface area contributed by atoms with Crippen LogP contribution >= 0.6 is 0 Å². The van der Waals surface area contributed by atoms with Gasteiger partial charge in [-0.05, 0) is 49.0 Å². The lowest BCUT2D eigenvalue weighted by Crippen LogP contribution is -2.32. The Morgan fingerprint density at radius 1 is 1.15 bits per heavy atom. The molecule has 0 aromatic heterocycles. The number of ketones is 1. The molecule has 1 aliphatic heterocycles. The van der Waals surface area contributed by atoms with Crippen molar-refractivity contribution in [3.63, 3.8) is 0 Å². The van der Waals surface area contributed by atoms with Gasteiger partial charge in [0.25, 0.3) is 0 Å². The average molecular weight is 272 g/mol.